The van der Waals surface area contributed by atoms with E-state index in [1.807, 2.05) is 12.1 Å². The first kappa shape index (κ1) is 15.3. The minimum Gasteiger partial charge on any atom is -0.192 e. The van der Waals surface area contributed by atoms with Crippen molar-refractivity contribution in [1.82, 2.24) is 0 Å². The second-order valence-electron chi connectivity index (χ2n) is 5.35. The molecule has 1 nitrogen and oxygen atoms in total. The van der Waals surface area contributed by atoms with Crippen LogP contribution in [0.4, 0.5) is 0 Å². The Morgan fingerprint density at radius 2 is 1.55 bits per heavy atom. The summed E-state index contributed by atoms with van der Waals surface area (Å²) in [5.41, 5.74) is 5.36. The molecule has 3 aromatic carbocycles. The monoisotopic (exact) mass is 413 g/mol. The summed E-state index contributed by atoms with van der Waals surface area (Å²) in [5.74, 6) is 0. The zero-order valence-corrected chi connectivity index (χ0v) is 15.4. The van der Waals surface area contributed by atoms with E-state index in [-0.39, 0.29) is 0 Å². The summed E-state index contributed by atoms with van der Waals surface area (Å²) in [5, 5.41) is 11.5. The second-order valence-corrected chi connectivity index (χ2v) is 7.06. The van der Waals surface area contributed by atoms with E-state index in [1.54, 1.807) is 0 Å². The number of benzene rings is 3. The van der Waals surface area contributed by atoms with Crippen molar-refractivity contribution >= 4 is 42.6 Å². The van der Waals surface area contributed by atoms with Gasteiger partial charge in [-0.1, -0.05) is 50.1 Å². The lowest BCUT2D eigenvalue weighted by molar-refractivity contribution is 1.35. The number of fused-ring (bicyclic) bond motifs is 1. The summed E-state index contributed by atoms with van der Waals surface area (Å²) in [7, 11) is 0. The first-order chi connectivity index (χ1) is 10.5. The van der Waals surface area contributed by atoms with Gasteiger partial charge in [0.1, 0.15) is 0 Å². The third kappa shape index (κ3) is 2.47. The van der Waals surface area contributed by atoms with Crippen LogP contribution in [-0.4, -0.2) is 0 Å². The maximum atomic E-state index is 9.13. The van der Waals surface area contributed by atoms with Gasteiger partial charge in [-0.15, -0.1) is 0 Å². The van der Waals surface area contributed by atoms with Crippen molar-refractivity contribution < 1.29 is 0 Å². The van der Waals surface area contributed by atoms with E-state index in [2.05, 4.69) is 82.1 Å². The van der Waals surface area contributed by atoms with E-state index in [1.165, 1.54) is 21.9 Å². The van der Waals surface area contributed by atoms with E-state index in [0.717, 1.165) is 20.1 Å². The van der Waals surface area contributed by atoms with Crippen LogP contribution in [-0.2, 0) is 0 Å². The van der Waals surface area contributed by atoms with Crippen LogP contribution < -0.4 is 0 Å². The summed E-state index contributed by atoms with van der Waals surface area (Å²) in [6, 6.07) is 16.6. The molecule has 22 heavy (non-hydrogen) atoms. The van der Waals surface area contributed by atoms with Gasteiger partial charge in [-0.3, -0.25) is 0 Å². The third-order valence-electron chi connectivity index (χ3n) is 3.87. The van der Waals surface area contributed by atoms with Gasteiger partial charge in [-0.2, -0.15) is 5.26 Å². The lowest BCUT2D eigenvalue weighted by Gasteiger charge is -2.15. The van der Waals surface area contributed by atoms with Crippen molar-refractivity contribution in [2.75, 3.05) is 0 Å². The molecule has 0 atom stereocenters. The summed E-state index contributed by atoms with van der Waals surface area (Å²) < 4.78 is 2.14. The summed E-state index contributed by atoms with van der Waals surface area (Å²) in [6.45, 7) is 4.13. The SMILES string of the molecule is Cc1cc(C#N)cc(C)c1-c1ccc(Br)c2c(Br)cccc12. The zero-order chi connectivity index (χ0) is 15.9. The normalized spacial score (nSPS) is 10.7. The molecule has 0 radical (unpaired) electrons. The average molecular weight is 415 g/mol. The molecule has 0 aliphatic carbocycles. The van der Waals surface area contributed by atoms with Crippen LogP contribution in [0.15, 0.2) is 51.4 Å². The largest absolute Gasteiger partial charge is 0.192 e. The molecule has 0 aliphatic heterocycles. The van der Waals surface area contributed by atoms with Crippen molar-refractivity contribution in [3.05, 3.63) is 68.1 Å². The average Bonchev–Trinajstić information content (AvgIpc) is 2.48. The maximum absolute atomic E-state index is 9.13. The minimum absolute atomic E-state index is 0.710. The fourth-order valence-electron chi connectivity index (χ4n) is 2.99. The molecule has 0 saturated heterocycles. The molecular formula is C19H13Br2N. The minimum atomic E-state index is 0.710. The van der Waals surface area contributed by atoms with Gasteiger partial charge in [-0.25, -0.2) is 0 Å². The van der Waals surface area contributed by atoms with Crippen LogP contribution >= 0.6 is 31.9 Å². The van der Waals surface area contributed by atoms with Crippen LogP contribution in [0.2, 0.25) is 0 Å². The summed E-state index contributed by atoms with van der Waals surface area (Å²) in [6.07, 6.45) is 0. The highest BCUT2D eigenvalue weighted by molar-refractivity contribution is 9.11. The number of halogens is 2. The van der Waals surface area contributed by atoms with Crippen LogP contribution in [0.5, 0.6) is 0 Å². The van der Waals surface area contributed by atoms with Crippen LogP contribution in [0.1, 0.15) is 16.7 Å². The molecule has 0 heterocycles. The molecule has 0 saturated carbocycles. The number of hydrogen-bond acceptors (Lipinski definition) is 1. The smallest absolute Gasteiger partial charge is 0.0991 e. The quantitative estimate of drug-likeness (QED) is 0.444. The Morgan fingerprint density at radius 1 is 0.909 bits per heavy atom. The number of nitriles is 1. The predicted octanol–water partition coefficient (Wildman–Crippen LogP) is 6.52. The molecular weight excluding hydrogens is 402 g/mol. The van der Waals surface area contributed by atoms with Gasteiger partial charge in [0, 0.05) is 14.3 Å². The van der Waals surface area contributed by atoms with E-state index >= 15 is 0 Å². The maximum Gasteiger partial charge on any atom is 0.0991 e. The van der Waals surface area contributed by atoms with Crippen LogP contribution in [0.3, 0.4) is 0 Å². The fraction of sp³-hybridized carbons (Fsp3) is 0.105. The zero-order valence-electron chi connectivity index (χ0n) is 12.2. The predicted molar refractivity (Wildman–Crippen MR) is 99.0 cm³/mol. The van der Waals surface area contributed by atoms with Crippen molar-refractivity contribution in [3.8, 4) is 17.2 Å². The molecule has 3 rings (SSSR count). The molecule has 0 aromatic heterocycles. The number of rotatable bonds is 1. The molecule has 0 N–H and O–H groups in total. The van der Waals surface area contributed by atoms with E-state index in [4.69, 9.17) is 5.26 Å². The number of hydrogen-bond donors (Lipinski definition) is 0. The van der Waals surface area contributed by atoms with Gasteiger partial charge < -0.3 is 0 Å². The fourth-order valence-corrected chi connectivity index (χ4v) is 4.40. The standard InChI is InChI=1S/C19H13Br2N/c1-11-8-13(10-22)9-12(2)18(11)15-6-7-17(21)19-14(15)4-3-5-16(19)20/h3-9H,1-2H3. The Hall–Kier alpha value is -1.63. The van der Waals surface area contributed by atoms with Crippen LogP contribution in [0.25, 0.3) is 21.9 Å². The molecule has 0 amide bonds. The van der Waals surface area contributed by atoms with Crippen molar-refractivity contribution in [3.63, 3.8) is 0 Å². The molecule has 108 valence electrons. The molecule has 3 aromatic rings. The van der Waals surface area contributed by atoms with E-state index < -0.39 is 0 Å². The third-order valence-corrected chi connectivity index (χ3v) is 5.19. The molecule has 0 spiro atoms. The van der Waals surface area contributed by atoms with Crippen molar-refractivity contribution in [2.45, 2.75) is 13.8 Å². The van der Waals surface area contributed by atoms with Gasteiger partial charge in [0.15, 0.2) is 0 Å². The van der Waals surface area contributed by atoms with Gasteiger partial charge in [0.05, 0.1) is 11.6 Å². The van der Waals surface area contributed by atoms with Crippen LogP contribution in [0, 0.1) is 25.2 Å². The lowest BCUT2D eigenvalue weighted by atomic mass is 9.90. The van der Waals surface area contributed by atoms with Crippen molar-refractivity contribution in [2.24, 2.45) is 0 Å². The Labute approximate surface area is 146 Å². The van der Waals surface area contributed by atoms with Crippen molar-refractivity contribution in [1.29, 1.82) is 5.26 Å². The number of nitrogens with zero attached hydrogens (tertiary/aromatic N) is 1. The molecule has 0 fully saturated rings. The molecule has 0 bridgehead atoms. The highest BCUT2D eigenvalue weighted by Crippen LogP contribution is 2.39. The van der Waals surface area contributed by atoms with Gasteiger partial charge in [0.2, 0.25) is 0 Å². The summed E-state index contributed by atoms with van der Waals surface area (Å²) in [4.78, 5) is 0. The van der Waals surface area contributed by atoms with Gasteiger partial charge >= 0.3 is 0 Å². The first-order valence-corrected chi connectivity index (χ1v) is 8.50. The second kappa shape index (κ2) is 5.87. The van der Waals surface area contributed by atoms with Gasteiger partial charge in [0.25, 0.3) is 0 Å². The molecule has 0 aliphatic rings. The highest BCUT2D eigenvalue weighted by atomic mass is 79.9. The van der Waals surface area contributed by atoms with E-state index in [9.17, 15) is 0 Å². The Morgan fingerprint density at radius 3 is 2.18 bits per heavy atom. The lowest BCUT2D eigenvalue weighted by Crippen LogP contribution is -1.92. The number of aryl methyl sites for hydroxylation is 2. The Bertz CT molecular complexity index is 905. The molecule has 3 heteroatoms. The highest BCUT2D eigenvalue weighted by Gasteiger charge is 2.13. The summed E-state index contributed by atoms with van der Waals surface area (Å²) >= 11 is 7.28. The first-order valence-electron chi connectivity index (χ1n) is 6.91. The molecule has 0 unspecified atom stereocenters. The Kier molecular flexibility index (Phi) is 4.08. The Balaban J connectivity index is 2.40. The van der Waals surface area contributed by atoms with E-state index in [0.29, 0.717) is 5.56 Å². The van der Waals surface area contributed by atoms with Gasteiger partial charge in [-0.05, 0) is 65.8 Å². The topological polar surface area (TPSA) is 23.8 Å².